The number of urea groups is 1. The first-order chi connectivity index (χ1) is 13.1. The van der Waals surface area contributed by atoms with Gasteiger partial charge in [0.2, 0.25) is 0 Å². The summed E-state index contributed by atoms with van der Waals surface area (Å²) < 4.78 is 27.9. The number of amides is 3. The first-order valence-corrected chi connectivity index (χ1v) is 10.6. The second-order valence-electron chi connectivity index (χ2n) is 7.51. The third-order valence-corrected chi connectivity index (χ3v) is 6.93. The van der Waals surface area contributed by atoms with Gasteiger partial charge in [0.1, 0.15) is 6.04 Å². The monoisotopic (exact) mass is 400 g/mol. The number of benzene rings is 2. The molecule has 148 valence electrons. The van der Waals surface area contributed by atoms with Crippen LogP contribution in [0.5, 0.6) is 0 Å². The molecule has 0 spiro atoms. The number of carbonyl (C=O) groups excluding carboxylic acids is 2. The van der Waals surface area contributed by atoms with Gasteiger partial charge >= 0.3 is 6.03 Å². The summed E-state index contributed by atoms with van der Waals surface area (Å²) >= 11 is 0. The van der Waals surface area contributed by atoms with E-state index in [-0.39, 0.29) is 10.8 Å². The predicted molar refractivity (Wildman–Crippen MR) is 108 cm³/mol. The molecule has 1 heterocycles. The summed E-state index contributed by atoms with van der Waals surface area (Å²) in [6.45, 7) is 8.77. The first kappa shape index (κ1) is 20.1. The van der Waals surface area contributed by atoms with E-state index in [4.69, 9.17) is 0 Å². The van der Waals surface area contributed by atoms with Crippen molar-refractivity contribution >= 4 is 27.6 Å². The summed E-state index contributed by atoms with van der Waals surface area (Å²) in [5.41, 5.74) is 2.40. The summed E-state index contributed by atoms with van der Waals surface area (Å²) in [6, 6.07) is 10.0. The number of anilines is 1. The van der Waals surface area contributed by atoms with Crippen molar-refractivity contribution in [1.82, 2.24) is 4.31 Å². The van der Waals surface area contributed by atoms with Crippen molar-refractivity contribution < 1.29 is 18.0 Å². The molecule has 1 aliphatic rings. The number of hydrogen-bond acceptors (Lipinski definition) is 4. The maximum Gasteiger partial charge on any atom is 0.346 e. The second kappa shape index (κ2) is 7.05. The van der Waals surface area contributed by atoms with Crippen LogP contribution in [0.4, 0.5) is 10.5 Å². The van der Waals surface area contributed by atoms with Gasteiger partial charge in [0.15, 0.2) is 0 Å². The zero-order chi connectivity index (χ0) is 20.8. The van der Waals surface area contributed by atoms with Gasteiger partial charge in [-0.25, -0.2) is 22.4 Å². The average molecular weight is 401 g/mol. The Bertz CT molecular complexity index is 1020. The lowest BCUT2D eigenvalue weighted by atomic mass is 10.0. The van der Waals surface area contributed by atoms with E-state index in [1.807, 2.05) is 6.92 Å². The normalized spacial score (nSPS) is 17.7. The van der Waals surface area contributed by atoms with Gasteiger partial charge < -0.3 is 0 Å². The fourth-order valence-electron chi connectivity index (χ4n) is 3.84. The number of aryl methyl sites for hydroxylation is 3. The quantitative estimate of drug-likeness (QED) is 0.732. The standard InChI is InChI=1S/C21H24N2O4S/c1-13(2)18-20(24)22(17-9-7-6-8-10-17)21(25)23(18)28(26,27)19-15(4)11-14(3)12-16(19)5/h6-13,18H,1-5H3/t18-/m0/s1. The Kier molecular flexibility index (Phi) is 5.06. The molecule has 6 nitrogen and oxygen atoms in total. The fourth-order valence-corrected chi connectivity index (χ4v) is 5.89. The highest BCUT2D eigenvalue weighted by atomic mass is 32.2. The van der Waals surface area contributed by atoms with Crippen molar-refractivity contribution in [2.45, 2.75) is 45.6 Å². The molecule has 2 aromatic rings. The van der Waals surface area contributed by atoms with Crippen LogP contribution in [0.3, 0.4) is 0 Å². The zero-order valence-corrected chi connectivity index (χ0v) is 17.4. The molecule has 0 unspecified atom stereocenters. The molecule has 0 saturated carbocycles. The van der Waals surface area contributed by atoms with Gasteiger partial charge in [0.05, 0.1) is 10.6 Å². The Labute approximate surface area is 165 Å². The van der Waals surface area contributed by atoms with E-state index >= 15 is 0 Å². The van der Waals surface area contributed by atoms with Crippen LogP contribution >= 0.6 is 0 Å². The third kappa shape index (κ3) is 3.09. The summed E-state index contributed by atoms with van der Waals surface area (Å²) in [7, 11) is -4.21. The largest absolute Gasteiger partial charge is 0.346 e. The molecule has 0 aliphatic carbocycles. The van der Waals surface area contributed by atoms with Crippen molar-refractivity contribution in [1.29, 1.82) is 0 Å². The van der Waals surface area contributed by atoms with Crippen LogP contribution in [-0.2, 0) is 14.8 Å². The zero-order valence-electron chi connectivity index (χ0n) is 16.6. The predicted octanol–water partition coefficient (Wildman–Crippen LogP) is 3.79. The molecular weight excluding hydrogens is 376 g/mol. The lowest BCUT2D eigenvalue weighted by molar-refractivity contribution is -0.120. The lowest BCUT2D eigenvalue weighted by Gasteiger charge is -2.25. The smallest absolute Gasteiger partial charge is 0.271 e. The minimum Gasteiger partial charge on any atom is -0.271 e. The van der Waals surface area contributed by atoms with Gasteiger partial charge in [-0.15, -0.1) is 0 Å². The van der Waals surface area contributed by atoms with Crippen molar-refractivity contribution in [3.63, 3.8) is 0 Å². The maximum atomic E-state index is 13.6. The number of rotatable bonds is 4. The van der Waals surface area contributed by atoms with E-state index in [9.17, 15) is 18.0 Å². The van der Waals surface area contributed by atoms with Crippen LogP contribution in [-0.4, -0.2) is 30.7 Å². The van der Waals surface area contributed by atoms with Crippen molar-refractivity contribution in [3.05, 3.63) is 59.2 Å². The molecule has 3 rings (SSSR count). The van der Waals surface area contributed by atoms with E-state index in [0.29, 0.717) is 16.8 Å². The molecular formula is C21H24N2O4S. The van der Waals surface area contributed by atoms with E-state index in [1.54, 1.807) is 70.2 Å². The van der Waals surface area contributed by atoms with Gasteiger partial charge in [0.25, 0.3) is 15.9 Å². The van der Waals surface area contributed by atoms with Crippen LogP contribution in [0.2, 0.25) is 0 Å². The molecule has 0 aromatic heterocycles. The molecule has 3 amide bonds. The maximum absolute atomic E-state index is 13.6. The molecule has 1 fully saturated rings. The number of sulfonamides is 1. The molecule has 1 atom stereocenters. The molecule has 0 radical (unpaired) electrons. The molecule has 1 saturated heterocycles. The number of hydrogen-bond donors (Lipinski definition) is 0. The van der Waals surface area contributed by atoms with Crippen LogP contribution in [0.1, 0.15) is 30.5 Å². The van der Waals surface area contributed by atoms with Crippen LogP contribution < -0.4 is 4.90 Å². The van der Waals surface area contributed by atoms with Crippen LogP contribution in [0.25, 0.3) is 0 Å². The van der Waals surface area contributed by atoms with Crippen molar-refractivity contribution in [3.8, 4) is 0 Å². The molecule has 0 bridgehead atoms. The Hall–Kier alpha value is -2.67. The number of nitrogens with zero attached hydrogens (tertiary/aromatic N) is 2. The minimum atomic E-state index is -4.21. The van der Waals surface area contributed by atoms with Gasteiger partial charge in [-0.05, 0) is 49.9 Å². The van der Waals surface area contributed by atoms with Crippen LogP contribution in [0.15, 0.2) is 47.4 Å². The highest BCUT2D eigenvalue weighted by Gasteiger charge is 2.53. The summed E-state index contributed by atoms with van der Waals surface area (Å²) in [5, 5.41) is 0. The SMILES string of the molecule is Cc1cc(C)c(S(=O)(=O)N2C(=O)N(c3ccccc3)C(=O)[C@@H]2C(C)C)c(C)c1. The topological polar surface area (TPSA) is 74.8 Å². The van der Waals surface area contributed by atoms with Gasteiger partial charge in [-0.3, -0.25) is 4.79 Å². The molecule has 1 aliphatic heterocycles. The number of imide groups is 1. The molecule has 2 aromatic carbocycles. The Morgan fingerprint density at radius 1 is 0.929 bits per heavy atom. The minimum absolute atomic E-state index is 0.0832. The highest BCUT2D eigenvalue weighted by Crippen LogP contribution is 2.35. The van der Waals surface area contributed by atoms with E-state index in [2.05, 4.69) is 0 Å². The van der Waals surface area contributed by atoms with Gasteiger partial charge in [-0.2, -0.15) is 0 Å². The van der Waals surface area contributed by atoms with Crippen molar-refractivity contribution in [2.75, 3.05) is 4.90 Å². The van der Waals surface area contributed by atoms with Gasteiger partial charge in [-0.1, -0.05) is 49.7 Å². The van der Waals surface area contributed by atoms with E-state index < -0.39 is 28.0 Å². The Morgan fingerprint density at radius 2 is 1.46 bits per heavy atom. The molecule has 0 N–H and O–H groups in total. The Balaban J connectivity index is 2.19. The lowest BCUT2D eigenvalue weighted by Crippen LogP contribution is -2.43. The van der Waals surface area contributed by atoms with Crippen molar-refractivity contribution in [2.24, 2.45) is 5.92 Å². The Morgan fingerprint density at radius 3 is 1.96 bits per heavy atom. The second-order valence-corrected chi connectivity index (χ2v) is 9.26. The number of para-hydroxylation sites is 1. The average Bonchev–Trinajstić information content (AvgIpc) is 2.85. The third-order valence-electron chi connectivity index (χ3n) is 4.87. The number of carbonyl (C=O) groups is 2. The fraction of sp³-hybridized carbons (Fsp3) is 0.333. The summed E-state index contributed by atoms with van der Waals surface area (Å²) in [5.74, 6) is -0.900. The molecule has 28 heavy (non-hydrogen) atoms. The van der Waals surface area contributed by atoms with Gasteiger partial charge in [0, 0.05) is 0 Å². The summed E-state index contributed by atoms with van der Waals surface area (Å²) in [6.07, 6.45) is 0. The van der Waals surface area contributed by atoms with Crippen LogP contribution in [0, 0.1) is 26.7 Å². The van der Waals surface area contributed by atoms with E-state index in [1.165, 1.54) is 0 Å². The molecule has 7 heteroatoms. The summed E-state index contributed by atoms with van der Waals surface area (Å²) in [4.78, 5) is 27.3. The van der Waals surface area contributed by atoms with E-state index in [0.717, 1.165) is 14.8 Å². The first-order valence-electron chi connectivity index (χ1n) is 9.12. The highest BCUT2D eigenvalue weighted by molar-refractivity contribution is 7.89.